The number of nitrogens with one attached hydrogen (secondary N) is 6. The maximum absolute atomic E-state index is 14.2. The van der Waals surface area contributed by atoms with Crippen LogP contribution in [0.3, 0.4) is 0 Å². The minimum absolute atomic E-state index is 0.0126. The number of fused-ring (bicyclic) bond motifs is 2. The van der Waals surface area contributed by atoms with Crippen molar-refractivity contribution in [2.24, 2.45) is 5.92 Å². The van der Waals surface area contributed by atoms with E-state index in [2.05, 4.69) is 64.7 Å². The van der Waals surface area contributed by atoms with E-state index in [1.165, 1.54) is 0 Å². The highest BCUT2D eigenvalue weighted by molar-refractivity contribution is 5.96. The van der Waals surface area contributed by atoms with Gasteiger partial charge in [-0.1, -0.05) is 45.0 Å². The molecule has 0 fully saturated rings. The summed E-state index contributed by atoms with van der Waals surface area (Å²) in [7, 11) is 5.06. The summed E-state index contributed by atoms with van der Waals surface area (Å²) in [6, 6.07) is 13.2. The normalized spacial score (nSPS) is 16.7. The largest absolute Gasteiger partial charge is 0.388 e. The number of hydrazine groups is 1. The third-order valence-corrected chi connectivity index (χ3v) is 8.35. The van der Waals surface area contributed by atoms with Crippen LogP contribution in [0.5, 0.6) is 0 Å². The third kappa shape index (κ3) is 7.61. The molecule has 0 aromatic heterocycles. The molecule has 2 aromatic rings. The van der Waals surface area contributed by atoms with Gasteiger partial charge in [0.05, 0.1) is 12.6 Å². The summed E-state index contributed by atoms with van der Waals surface area (Å²) in [6.45, 7) is 8.58. The fraction of sp³-hybridized carbons (Fsp3) is 0.455. The zero-order valence-corrected chi connectivity index (χ0v) is 25.9. The van der Waals surface area contributed by atoms with Crippen LogP contribution in [0, 0.1) is 17.2 Å². The summed E-state index contributed by atoms with van der Waals surface area (Å²) in [5, 5.41) is 21.3. The molecule has 3 rings (SSSR count). The number of hydrogen-bond donors (Lipinski definition) is 6. The molecule has 230 valence electrons. The van der Waals surface area contributed by atoms with E-state index in [0.29, 0.717) is 43.7 Å². The van der Waals surface area contributed by atoms with Crippen molar-refractivity contribution in [3.8, 4) is 6.07 Å². The molecule has 0 radical (unpaired) electrons. The smallest absolute Gasteiger partial charge is 0.251 e. The van der Waals surface area contributed by atoms with Gasteiger partial charge in [-0.15, -0.1) is 0 Å². The molecule has 10 heteroatoms. The topological polar surface area (TPSA) is 147 Å². The highest BCUT2D eigenvalue weighted by Crippen LogP contribution is 2.43. The van der Waals surface area contributed by atoms with Crippen molar-refractivity contribution in [3.05, 3.63) is 76.4 Å². The fourth-order valence-corrected chi connectivity index (χ4v) is 5.75. The minimum atomic E-state index is -1.12. The molecule has 2 aromatic carbocycles. The van der Waals surface area contributed by atoms with E-state index in [9.17, 15) is 19.6 Å². The summed E-state index contributed by atoms with van der Waals surface area (Å²) in [4.78, 5) is 39.4. The van der Waals surface area contributed by atoms with Crippen molar-refractivity contribution in [1.82, 2.24) is 32.1 Å². The average molecular weight is 588 g/mol. The van der Waals surface area contributed by atoms with Gasteiger partial charge in [0.1, 0.15) is 11.5 Å². The summed E-state index contributed by atoms with van der Waals surface area (Å²) >= 11 is 0. The minimum Gasteiger partial charge on any atom is -0.388 e. The number of carbonyl (C=O) groups is 3. The van der Waals surface area contributed by atoms with E-state index in [-0.39, 0.29) is 24.3 Å². The van der Waals surface area contributed by atoms with Crippen molar-refractivity contribution in [3.63, 3.8) is 0 Å². The Kier molecular flexibility index (Phi) is 11.9. The zero-order chi connectivity index (χ0) is 31.6. The first-order valence-electron chi connectivity index (χ1n) is 14.9. The standard InChI is InChI=1S/C33H45N7O3/c1-7-21(2)16-27(19-34)39-30(41)20-38-15-14-33(32(43)40-37-6)28-12-10-23(22(3)35-4)17-24(28)8-9-25-18-26(31(42)36-5)11-13-29(25)33/h10-13,17-18,21,27,35,37-38H,3,7-9,14-16,20H2,1-2,4-6H3,(H,36,42)(H,39,41)(H,40,43)/t21-,27?,33?/m0/s1. The predicted octanol–water partition coefficient (Wildman–Crippen LogP) is 2.30. The lowest BCUT2D eigenvalue weighted by Crippen LogP contribution is -2.51. The number of benzene rings is 2. The Hall–Kier alpha value is -4.20. The Bertz CT molecular complexity index is 1310. The maximum atomic E-state index is 14.2. The molecule has 0 saturated heterocycles. The fourth-order valence-electron chi connectivity index (χ4n) is 5.75. The number of rotatable bonds is 14. The van der Waals surface area contributed by atoms with Crippen molar-refractivity contribution in [1.29, 1.82) is 5.26 Å². The van der Waals surface area contributed by atoms with Gasteiger partial charge in [0.15, 0.2) is 0 Å². The van der Waals surface area contributed by atoms with Crippen LogP contribution in [0.4, 0.5) is 0 Å². The van der Waals surface area contributed by atoms with Crippen LogP contribution in [-0.4, -0.2) is 58.0 Å². The second-order valence-corrected chi connectivity index (χ2v) is 11.1. The Labute approximate surface area is 255 Å². The Morgan fingerprint density at radius 2 is 1.63 bits per heavy atom. The number of amides is 3. The Morgan fingerprint density at radius 3 is 2.19 bits per heavy atom. The van der Waals surface area contributed by atoms with E-state index < -0.39 is 11.5 Å². The van der Waals surface area contributed by atoms with Gasteiger partial charge in [0.25, 0.3) is 5.91 Å². The van der Waals surface area contributed by atoms with E-state index >= 15 is 0 Å². The van der Waals surface area contributed by atoms with Crippen LogP contribution in [0.25, 0.3) is 5.70 Å². The predicted molar refractivity (Wildman–Crippen MR) is 169 cm³/mol. The molecule has 43 heavy (non-hydrogen) atoms. The molecule has 10 nitrogen and oxygen atoms in total. The lowest BCUT2D eigenvalue weighted by atomic mass is 9.69. The molecule has 6 N–H and O–H groups in total. The number of aryl methyl sites for hydroxylation is 2. The Morgan fingerprint density at radius 1 is 1.00 bits per heavy atom. The molecule has 3 atom stereocenters. The van der Waals surface area contributed by atoms with Crippen molar-refractivity contribution >= 4 is 23.4 Å². The van der Waals surface area contributed by atoms with Crippen molar-refractivity contribution in [2.45, 2.75) is 57.4 Å². The van der Waals surface area contributed by atoms with Crippen LogP contribution in [0.1, 0.15) is 71.3 Å². The quantitative estimate of drug-likeness (QED) is 0.147. The highest BCUT2D eigenvalue weighted by Gasteiger charge is 2.45. The zero-order valence-electron chi connectivity index (χ0n) is 25.9. The summed E-state index contributed by atoms with van der Waals surface area (Å²) < 4.78 is 0. The van der Waals surface area contributed by atoms with Gasteiger partial charge in [0, 0.05) is 32.4 Å². The van der Waals surface area contributed by atoms with Crippen LogP contribution in [0.2, 0.25) is 0 Å². The van der Waals surface area contributed by atoms with Gasteiger partial charge in [0.2, 0.25) is 11.8 Å². The van der Waals surface area contributed by atoms with Crippen LogP contribution in [0.15, 0.2) is 43.0 Å². The molecular formula is C33H45N7O3. The van der Waals surface area contributed by atoms with Crippen molar-refractivity contribution in [2.75, 3.05) is 34.2 Å². The average Bonchev–Trinajstić information content (AvgIpc) is 3.16. The van der Waals surface area contributed by atoms with Gasteiger partial charge >= 0.3 is 0 Å². The lowest BCUT2D eigenvalue weighted by Gasteiger charge is -2.35. The summed E-state index contributed by atoms with van der Waals surface area (Å²) in [6.07, 6.45) is 3.17. The van der Waals surface area contributed by atoms with E-state index in [1.54, 1.807) is 20.2 Å². The molecule has 2 unspecified atom stereocenters. The van der Waals surface area contributed by atoms with Crippen LogP contribution < -0.4 is 32.1 Å². The highest BCUT2D eigenvalue weighted by atomic mass is 16.2. The van der Waals surface area contributed by atoms with E-state index in [4.69, 9.17) is 0 Å². The first kappa shape index (κ1) is 33.3. The molecule has 3 amide bonds. The lowest BCUT2D eigenvalue weighted by molar-refractivity contribution is -0.126. The number of nitriles is 1. The summed E-state index contributed by atoms with van der Waals surface area (Å²) in [5.74, 6) is -0.375. The first-order valence-corrected chi connectivity index (χ1v) is 14.9. The molecule has 0 aliphatic heterocycles. The van der Waals surface area contributed by atoms with Crippen molar-refractivity contribution < 1.29 is 14.4 Å². The molecular weight excluding hydrogens is 542 g/mol. The second-order valence-electron chi connectivity index (χ2n) is 11.1. The maximum Gasteiger partial charge on any atom is 0.251 e. The number of nitrogens with zero attached hydrogens (tertiary/aromatic N) is 1. The van der Waals surface area contributed by atoms with E-state index in [0.717, 1.165) is 39.9 Å². The van der Waals surface area contributed by atoms with Gasteiger partial charge in [-0.05, 0) is 84.2 Å². The summed E-state index contributed by atoms with van der Waals surface area (Å²) in [5.41, 5.74) is 10.3. The molecule has 0 heterocycles. The first-order chi connectivity index (χ1) is 20.6. The van der Waals surface area contributed by atoms with E-state index in [1.807, 2.05) is 31.3 Å². The molecule has 0 saturated carbocycles. The third-order valence-electron chi connectivity index (χ3n) is 8.35. The monoisotopic (exact) mass is 587 g/mol. The molecule has 0 spiro atoms. The molecule has 1 aliphatic rings. The number of hydrogen-bond acceptors (Lipinski definition) is 7. The van der Waals surface area contributed by atoms with Gasteiger partial charge in [-0.2, -0.15) is 5.26 Å². The van der Waals surface area contributed by atoms with Gasteiger partial charge < -0.3 is 21.3 Å². The molecule has 1 aliphatic carbocycles. The molecule has 0 bridgehead atoms. The number of carbonyl (C=O) groups excluding carboxylic acids is 3. The van der Waals surface area contributed by atoms with Gasteiger partial charge in [-0.3, -0.25) is 19.8 Å². The van der Waals surface area contributed by atoms with Crippen LogP contribution >= 0.6 is 0 Å². The van der Waals surface area contributed by atoms with Gasteiger partial charge in [-0.25, -0.2) is 5.43 Å². The SMILES string of the molecule is C=C(NC)c1ccc2c(c1)CCc1cc(C(=O)NC)ccc1C2(CCNCC(=O)NC(C#N)C[C@@H](C)CC)C(=O)NNC. The van der Waals surface area contributed by atoms with Crippen LogP contribution in [-0.2, 0) is 27.8 Å². The second kappa shape index (κ2) is 15.3. The Balaban J connectivity index is 2.01.